The average molecular weight is 353 g/mol. The van der Waals surface area contributed by atoms with Gasteiger partial charge >= 0.3 is 0 Å². The first-order valence-electron chi connectivity index (χ1n) is 6.32. The Kier molecular flexibility index (Phi) is 4.74. The van der Waals surface area contributed by atoms with Crippen LogP contribution in [0.15, 0.2) is 22.7 Å². The van der Waals surface area contributed by atoms with Crippen molar-refractivity contribution in [3.05, 3.63) is 33.5 Å². The molecule has 0 saturated heterocycles. The van der Waals surface area contributed by atoms with E-state index in [1.54, 1.807) is 0 Å². The predicted molar refractivity (Wildman–Crippen MR) is 87.6 cm³/mol. The van der Waals surface area contributed by atoms with Crippen LogP contribution in [0, 0.1) is 12.3 Å². The van der Waals surface area contributed by atoms with E-state index in [-0.39, 0.29) is 0 Å². The minimum absolute atomic E-state index is 0.433. The van der Waals surface area contributed by atoms with E-state index < -0.39 is 0 Å². The van der Waals surface area contributed by atoms with Crippen LogP contribution in [0.3, 0.4) is 0 Å². The molecule has 0 saturated carbocycles. The van der Waals surface area contributed by atoms with Crippen molar-refractivity contribution in [2.24, 2.45) is 0 Å². The van der Waals surface area contributed by atoms with Crippen molar-refractivity contribution in [1.29, 1.82) is 0 Å². The third-order valence-corrected chi connectivity index (χ3v) is 4.22. The maximum Gasteiger partial charge on any atom is 0.132 e. The topological polar surface area (TPSA) is 43.8 Å². The lowest BCUT2D eigenvalue weighted by Gasteiger charge is -2.05. The monoisotopic (exact) mass is 351 g/mol. The van der Waals surface area contributed by atoms with Gasteiger partial charge < -0.3 is 10.3 Å². The van der Waals surface area contributed by atoms with E-state index in [1.165, 1.54) is 0 Å². The van der Waals surface area contributed by atoms with Crippen molar-refractivity contribution in [2.75, 3.05) is 5.73 Å². The zero-order valence-corrected chi connectivity index (χ0v) is 13.5. The van der Waals surface area contributed by atoms with Gasteiger partial charge in [0.15, 0.2) is 0 Å². The number of terminal acetylenes is 1. The summed E-state index contributed by atoms with van der Waals surface area (Å²) in [6, 6.07) is 5.64. The van der Waals surface area contributed by atoms with Crippen molar-refractivity contribution in [3.63, 3.8) is 0 Å². The van der Waals surface area contributed by atoms with Crippen molar-refractivity contribution >= 4 is 33.3 Å². The van der Waals surface area contributed by atoms with Gasteiger partial charge in [-0.2, -0.15) is 0 Å². The summed E-state index contributed by atoms with van der Waals surface area (Å²) in [5.74, 6) is 4.14. The summed E-state index contributed by atoms with van der Waals surface area (Å²) in [6.07, 6.45) is 7.25. The van der Waals surface area contributed by atoms with Crippen LogP contribution in [0.1, 0.15) is 19.2 Å². The molecule has 1 aromatic heterocycles. The fraction of sp³-hybridized carbons (Fsp3) is 0.267. The Hall–Kier alpha value is -1.44. The van der Waals surface area contributed by atoms with Gasteiger partial charge in [-0.25, -0.2) is 4.98 Å². The van der Waals surface area contributed by atoms with Gasteiger partial charge in [0.1, 0.15) is 17.3 Å². The number of benzene rings is 1. The van der Waals surface area contributed by atoms with Crippen molar-refractivity contribution < 1.29 is 0 Å². The molecule has 0 amide bonds. The molecular weight excluding hydrogens is 338 g/mol. The van der Waals surface area contributed by atoms with Gasteiger partial charge in [-0.05, 0) is 34.5 Å². The summed E-state index contributed by atoms with van der Waals surface area (Å²) in [5.41, 5.74) is 7.87. The van der Waals surface area contributed by atoms with Crippen LogP contribution >= 0.6 is 27.5 Å². The number of rotatable bonds is 4. The Morgan fingerprint density at radius 3 is 2.85 bits per heavy atom. The van der Waals surface area contributed by atoms with Crippen LogP contribution in [0.25, 0.3) is 11.3 Å². The van der Waals surface area contributed by atoms with Crippen molar-refractivity contribution in [1.82, 2.24) is 9.55 Å². The number of nitrogens with two attached hydrogens (primary N) is 1. The largest absolute Gasteiger partial charge is 0.383 e. The Balaban J connectivity index is 2.54. The molecule has 20 heavy (non-hydrogen) atoms. The van der Waals surface area contributed by atoms with Gasteiger partial charge in [0.2, 0.25) is 0 Å². The van der Waals surface area contributed by atoms with E-state index in [0.717, 1.165) is 34.4 Å². The summed E-state index contributed by atoms with van der Waals surface area (Å²) in [6.45, 7) is 2.53. The molecule has 2 N–H and O–H groups in total. The molecule has 0 aliphatic rings. The van der Waals surface area contributed by atoms with E-state index in [9.17, 15) is 0 Å². The number of anilines is 1. The SMILES string of the molecule is C#CCn1c(CCC)nc(-c2ccc(Cl)c(Br)c2)c1N. The average Bonchev–Trinajstić information content (AvgIpc) is 2.72. The summed E-state index contributed by atoms with van der Waals surface area (Å²) >= 11 is 9.43. The Morgan fingerprint density at radius 1 is 1.50 bits per heavy atom. The second-order valence-electron chi connectivity index (χ2n) is 4.43. The molecule has 0 bridgehead atoms. The molecule has 0 fully saturated rings. The minimum atomic E-state index is 0.433. The number of hydrogen-bond donors (Lipinski definition) is 1. The van der Waals surface area contributed by atoms with E-state index in [4.69, 9.17) is 23.8 Å². The lowest BCUT2D eigenvalue weighted by molar-refractivity contribution is 0.733. The molecule has 3 nitrogen and oxygen atoms in total. The van der Waals surface area contributed by atoms with E-state index in [0.29, 0.717) is 17.4 Å². The van der Waals surface area contributed by atoms with Crippen LogP contribution in [0.5, 0.6) is 0 Å². The maximum atomic E-state index is 6.20. The smallest absolute Gasteiger partial charge is 0.132 e. The van der Waals surface area contributed by atoms with E-state index in [2.05, 4.69) is 33.8 Å². The molecule has 0 aliphatic heterocycles. The first-order valence-corrected chi connectivity index (χ1v) is 7.49. The molecule has 0 atom stereocenters. The molecule has 1 heterocycles. The van der Waals surface area contributed by atoms with Crippen LogP contribution in [0.4, 0.5) is 5.82 Å². The fourth-order valence-electron chi connectivity index (χ4n) is 2.05. The summed E-state index contributed by atoms with van der Waals surface area (Å²) in [7, 11) is 0. The molecule has 5 heteroatoms. The zero-order chi connectivity index (χ0) is 14.7. The first kappa shape index (κ1) is 15.0. The van der Waals surface area contributed by atoms with Gasteiger partial charge in [0, 0.05) is 16.5 Å². The second-order valence-corrected chi connectivity index (χ2v) is 5.69. The van der Waals surface area contributed by atoms with Gasteiger partial charge in [0.25, 0.3) is 0 Å². The second kappa shape index (κ2) is 6.34. The molecule has 0 radical (unpaired) electrons. The quantitative estimate of drug-likeness (QED) is 0.841. The standard InChI is InChI=1S/C15H15BrClN3/c1-3-5-13-19-14(15(18)20(13)8-4-2)10-6-7-12(17)11(16)9-10/h2,6-7,9H,3,5,8,18H2,1H3. The summed E-state index contributed by atoms with van der Waals surface area (Å²) < 4.78 is 2.71. The molecule has 0 unspecified atom stereocenters. The van der Waals surface area contributed by atoms with Crippen LogP contribution in [-0.2, 0) is 13.0 Å². The Morgan fingerprint density at radius 2 is 2.25 bits per heavy atom. The molecule has 2 rings (SSSR count). The maximum absolute atomic E-state index is 6.20. The number of aryl methyl sites for hydroxylation is 1. The number of hydrogen-bond acceptors (Lipinski definition) is 2. The molecule has 104 valence electrons. The number of nitrogens with zero attached hydrogens (tertiary/aromatic N) is 2. The van der Waals surface area contributed by atoms with Crippen molar-refractivity contribution in [3.8, 4) is 23.6 Å². The van der Waals surface area contributed by atoms with Gasteiger partial charge in [-0.3, -0.25) is 0 Å². The highest BCUT2D eigenvalue weighted by Gasteiger charge is 2.15. The predicted octanol–water partition coefficient (Wildman–Crippen LogP) is 4.13. The lowest BCUT2D eigenvalue weighted by Crippen LogP contribution is -2.06. The molecule has 0 spiro atoms. The van der Waals surface area contributed by atoms with E-state index >= 15 is 0 Å². The minimum Gasteiger partial charge on any atom is -0.383 e. The third-order valence-electron chi connectivity index (χ3n) is 3.00. The Labute approximate surface area is 132 Å². The fourth-order valence-corrected chi connectivity index (χ4v) is 2.55. The van der Waals surface area contributed by atoms with Crippen LogP contribution in [0.2, 0.25) is 5.02 Å². The first-order chi connectivity index (χ1) is 9.58. The highest BCUT2D eigenvalue weighted by atomic mass is 79.9. The number of halogens is 2. The van der Waals surface area contributed by atoms with Crippen molar-refractivity contribution in [2.45, 2.75) is 26.3 Å². The Bertz CT molecular complexity index is 670. The number of imidazole rings is 1. The molecule has 2 aromatic rings. The van der Waals surface area contributed by atoms with Crippen LogP contribution < -0.4 is 5.73 Å². The number of nitrogen functional groups attached to an aromatic ring is 1. The zero-order valence-electron chi connectivity index (χ0n) is 11.2. The normalized spacial score (nSPS) is 10.5. The van der Waals surface area contributed by atoms with Gasteiger partial charge in [-0.15, -0.1) is 6.42 Å². The highest BCUT2D eigenvalue weighted by molar-refractivity contribution is 9.10. The molecule has 1 aromatic carbocycles. The lowest BCUT2D eigenvalue weighted by atomic mass is 10.1. The van der Waals surface area contributed by atoms with Gasteiger partial charge in [-0.1, -0.05) is 30.5 Å². The number of aromatic nitrogens is 2. The molecule has 0 aliphatic carbocycles. The van der Waals surface area contributed by atoms with E-state index in [1.807, 2.05) is 22.8 Å². The van der Waals surface area contributed by atoms with Gasteiger partial charge in [0.05, 0.1) is 11.6 Å². The summed E-state index contributed by atoms with van der Waals surface area (Å²) in [4.78, 5) is 4.64. The van der Waals surface area contributed by atoms with Crippen LogP contribution in [-0.4, -0.2) is 9.55 Å². The third kappa shape index (κ3) is 2.84. The molecular formula is C15H15BrClN3. The summed E-state index contributed by atoms with van der Waals surface area (Å²) in [5, 5.41) is 0.657. The highest BCUT2D eigenvalue weighted by Crippen LogP contribution is 2.32.